The van der Waals surface area contributed by atoms with Gasteiger partial charge in [-0.25, -0.2) is 13.2 Å². The summed E-state index contributed by atoms with van der Waals surface area (Å²) in [4.78, 5) is 12.0. The van der Waals surface area contributed by atoms with Gasteiger partial charge >= 0.3 is 5.76 Å². The van der Waals surface area contributed by atoms with Crippen LogP contribution in [-0.4, -0.2) is 13.0 Å². The minimum atomic E-state index is -3.62. The van der Waals surface area contributed by atoms with Gasteiger partial charge in [0, 0.05) is 11.6 Å². The van der Waals surface area contributed by atoms with E-state index in [9.17, 15) is 13.2 Å². The van der Waals surface area contributed by atoms with Gasteiger partial charge in [-0.1, -0.05) is 29.8 Å². The molecule has 0 bridgehead atoms. The quantitative estimate of drug-likeness (QED) is 0.709. The second-order valence-electron chi connectivity index (χ2n) is 5.55. The molecule has 0 aliphatic rings. The van der Waals surface area contributed by atoms with Crippen molar-refractivity contribution in [2.45, 2.75) is 31.0 Å². The van der Waals surface area contributed by atoms with Gasteiger partial charge in [0.2, 0.25) is 0 Å². The first-order valence-corrected chi connectivity index (χ1v) is 9.46. The van der Waals surface area contributed by atoms with E-state index in [0.717, 1.165) is 0 Å². The Bertz CT molecular complexity index is 1080. The topological polar surface area (TPSA) is 69.3 Å². The monoisotopic (exact) mass is 365 g/mol. The van der Waals surface area contributed by atoms with Crippen LogP contribution < -0.4 is 5.76 Å². The summed E-state index contributed by atoms with van der Waals surface area (Å²) in [5, 5.41) is 0.411. The molecular formula is C17H16ClNO4S. The fourth-order valence-corrected chi connectivity index (χ4v) is 4.66. The molecule has 3 aromatic rings. The van der Waals surface area contributed by atoms with Crippen LogP contribution in [0.3, 0.4) is 0 Å². The normalized spacial score (nSPS) is 12.0. The van der Waals surface area contributed by atoms with Gasteiger partial charge in [0.25, 0.3) is 0 Å². The molecule has 7 heteroatoms. The molecule has 0 saturated heterocycles. The molecule has 1 heterocycles. The molecule has 0 aliphatic heterocycles. The van der Waals surface area contributed by atoms with Crippen LogP contribution in [-0.2, 0) is 22.1 Å². The van der Waals surface area contributed by atoms with Crippen molar-refractivity contribution in [3.63, 3.8) is 0 Å². The Kier molecular flexibility index (Phi) is 4.27. The summed E-state index contributed by atoms with van der Waals surface area (Å²) >= 11 is 6.08. The van der Waals surface area contributed by atoms with Crippen molar-refractivity contribution in [1.82, 2.24) is 4.57 Å². The van der Waals surface area contributed by atoms with E-state index in [-0.39, 0.29) is 10.6 Å². The molecule has 0 atom stereocenters. The van der Waals surface area contributed by atoms with Crippen LogP contribution in [0.2, 0.25) is 5.02 Å². The summed E-state index contributed by atoms with van der Waals surface area (Å²) in [6.45, 7) is 3.88. The minimum Gasteiger partial charge on any atom is -0.408 e. The maximum absolute atomic E-state index is 12.8. The molecule has 0 spiro atoms. The number of oxazole rings is 1. The number of sulfone groups is 1. The summed E-state index contributed by atoms with van der Waals surface area (Å²) in [6.07, 6.45) is 0. The number of hydrogen-bond donors (Lipinski definition) is 0. The Labute approximate surface area is 144 Å². The summed E-state index contributed by atoms with van der Waals surface area (Å²) in [7, 11) is -3.62. The van der Waals surface area contributed by atoms with Crippen molar-refractivity contribution in [3.8, 4) is 0 Å². The highest BCUT2D eigenvalue weighted by atomic mass is 35.5. The lowest BCUT2D eigenvalue weighted by atomic mass is 10.2. The Balaban J connectivity index is 2.15. The van der Waals surface area contributed by atoms with E-state index in [1.165, 1.54) is 10.6 Å². The second kappa shape index (κ2) is 6.11. The van der Waals surface area contributed by atoms with Gasteiger partial charge in [0.15, 0.2) is 15.4 Å². The highest BCUT2D eigenvalue weighted by molar-refractivity contribution is 7.90. The van der Waals surface area contributed by atoms with E-state index >= 15 is 0 Å². The third-order valence-corrected chi connectivity index (χ3v) is 6.09. The van der Waals surface area contributed by atoms with E-state index in [0.29, 0.717) is 33.8 Å². The lowest BCUT2D eigenvalue weighted by Crippen LogP contribution is -2.12. The van der Waals surface area contributed by atoms with Crippen molar-refractivity contribution in [1.29, 1.82) is 0 Å². The molecule has 0 amide bonds. The Hall–Kier alpha value is -2.05. The first-order valence-electron chi connectivity index (χ1n) is 7.43. The van der Waals surface area contributed by atoms with Gasteiger partial charge in [-0.05, 0) is 43.2 Å². The maximum Gasteiger partial charge on any atom is 0.419 e. The van der Waals surface area contributed by atoms with Crippen LogP contribution in [0.5, 0.6) is 0 Å². The van der Waals surface area contributed by atoms with Crippen molar-refractivity contribution in [2.24, 2.45) is 0 Å². The van der Waals surface area contributed by atoms with Gasteiger partial charge < -0.3 is 4.42 Å². The largest absolute Gasteiger partial charge is 0.419 e. The van der Waals surface area contributed by atoms with Crippen molar-refractivity contribution >= 4 is 32.5 Å². The first-order chi connectivity index (χ1) is 11.3. The SMILES string of the molecule is CCn1c(=O)oc2cc(C)c(S(=O)(=O)Cc3ccccc3Cl)cc21. The third-order valence-electron chi connectivity index (χ3n) is 3.92. The van der Waals surface area contributed by atoms with E-state index in [1.54, 1.807) is 44.2 Å². The number of fused-ring (bicyclic) bond motifs is 1. The number of aryl methyl sites for hydroxylation is 2. The van der Waals surface area contributed by atoms with Gasteiger partial charge in [-0.3, -0.25) is 4.57 Å². The fraction of sp³-hybridized carbons (Fsp3) is 0.235. The zero-order valence-corrected chi connectivity index (χ0v) is 14.8. The predicted molar refractivity (Wildman–Crippen MR) is 93.2 cm³/mol. The second-order valence-corrected chi connectivity index (χ2v) is 7.91. The zero-order valence-electron chi connectivity index (χ0n) is 13.2. The number of rotatable bonds is 4. The number of aromatic nitrogens is 1. The molecular weight excluding hydrogens is 350 g/mol. The molecule has 0 unspecified atom stereocenters. The molecule has 24 heavy (non-hydrogen) atoms. The Morgan fingerprint density at radius 1 is 1.21 bits per heavy atom. The van der Waals surface area contributed by atoms with E-state index in [4.69, 9.17) is 16.0 Å². The van der Waals surface area contributed by atoms with Crippen molar-refractivity contribution < 1.29 is 12.8 Å². The molecule has 0 radical (unpaired) electrons. The molecule has 2 aromatic carbocycles. The van der Waals surface area contributed by atoms with E-state index < -0.39 is 15.6 Å². The smallest absolute Gasteiger partial charge is 0.408 e. The summed E-state index contributed by atoms with van der Waals surface area (Å²) in [5.74, 6) is -0.694. The average Bonchev–Trinajstić information content (AvgIpc) is 2.82. The first kappa shape index (κ1) is 16.8. The minimum absolute atomic E-state index is 0.179. The predicted octanol–water partition coefficient (Wildman–Crippen LogP) is 3.55. The lowest BCUT2D eigenvalue weighted by Gasteiger charge is -2.09. The Morgan fingerprint density at radius 2 is 1.92 bits per heavy atom. The highest BCUT2D eigenvalue weighted by Gasteiger charge is 2.22. The van der Waals surface area contributed by atoms with Crippen LogP contribution in [0.1, 0.15) is 18.1 Å². The average molecular weight is 366 g/mol. The van der Waals surface area contributed by atoms with Gasteiger partial charge in [0.05, 0.1) is 16.2 Å². The lowest BCUT2D eigenvalue weighted by molar-refractivity contribution is 0.513. The number of hydrogen-bond acceptors (Lipinski definition) is 4. The zero-order chi connectivity index (χ0) is 17.5. The summed E-state index contributed by atoms with van der Waals surface area (Å²) in [5.41, 5.74) is 1.94. The van der Waals surface area contributed by atoms with Gasteiger partial charge in [-0.2, -0.15) is 0 Å². The molecule has 126 valence electrons. The molecule has 0 N–H and O–H groups in total. The fourth-order valence-electron chi connectivity index (χ4n) is 2.72. The van der Waals surface area contributed by atoms with E-state index in [2.05, 4.69) is 0 Å². The summed E-state index contributed by atoms with van der Waals surface area (Å²) in [6, 6.07) is 9.94. The van der Waals surface area contributed by atoms with Crippen LogP contribution >= 0.6 is 11.6 Å². The number of nitrogens with zero attached hydrogens (tertiary/aromatic N) is 1. The third kappa shape index (κ3) is 2.87. The van der Waals surface area contributed by atoms with Crippen molar-refractivity contribution in [3.05, 3.63) is 63.1 Å². The van der Waals surface area contributed by atoms with Gasteiger partial charge in [0.1, 0.15) is 0 Å². The molecule has 0 fully saturated rings. The summed E-state index contributed by atoms with van der Waals surface area (Å²) < 4.78 is 32.3. The van der Waals surface area contributed by atoms with E-state index in [1.807, 2.05) is 0 Å². The number of halogens is 1. The molecule has 1 aromatic heterocycles. The Morgan fingerprint density at radius 3 is 2.58 bits per heavy atom. The maximum atomic E-state index is 12.8. The molecule has 0 saturated carbocycles. The number of benzene rings is 2. The van der Waals surface area contributed by atoms with Crippen LogP contribution in [0.25, 0.3) is 11.1 Å². The molecule has 3 rings (SSSR count). The highest BCUT2D eigenvalue weighted by Crippen LogP contribution is 2.27. The van der Waals surface area contributed by atoms with Crippen LogP contribution in [0.15, 0.2) is 50.5 Å². The standard InChI is InChI=1S/C17H16ClNO4S/c1-3-19-14-9-16(11(2)8-15(14)23-17(19)20)24(21,22)10-12-6-4-5-7-13(12)18/h4-9H,3,10H2,1-2H3. The molecule has 0 aliphatic carbocycles. The van der Waals surface area contributed by atoms with Crippen molar-refractivity contribution in [2.75, 3.05) is 0 Å². The van der Waals surface area contributed by atoms with Crippen LogP contribution in [0.4, 0.5) is 0 Å². The van der Waals surface area contributed by atoms with Crippen LogP contribution in [0, 0.1) is 6.92 Å². The molecule has 5 nitrogen and oxygen atoms in total. The van der Waals surface area contributed by atoms with Gasteiger partial charge in [-0.15, -0.1) is 0 Å².